The number of benzene rings is 1. The quantitative estimate of drug-likeness (QED) is 0.834. The monoisotopic (exact) mass is 315 g/mol. The summed E-state index contributed by atoms with van der Waals surface area (Å²) in [5.41, 5.74) is 6.19. The average Bonchev–Trinajstić information content (AvgIpc) is 3.16. The van der Waals surface area contributed by atoms with Gasteiger partial charge in [0.2, 0.25) is 5.91 Å². The zero-order valence-corrected chi connectivity index (χ0v) is 12.5. The molecule has 7 heteroatoms. The van der Waals surface area contributed by atoms with Crippen LogP contribution < -0.4 is 11.1 Å². The molecule has 0 aliphatic heterocycles. The number of amides is 2. The lowest BCUT2D eigenvalue weighted by Crippen LogP contribution is -2.39. The lowest BCUT2D eigenvalue weighted by atomic mass is 10.1. The van der Waals surface area contributed by atoms with E-state index in [4.69, 9.17) is 28.9 Å². The minimum absolute atomic E-state index is 0.0297. The van der Waals surface area contributed by atoms with E-state index in [1.165, 1.54) is 24.1 Å². The number of carbonyl (C=O) groups is 2. The summed E-state index contributed by atoms with van der Waals surface area (Å²) in [6.45, 7) is -0.0297. The molecule has 1 fully saturated rings. The highest BCUT2D eigenvalue weighted by atomic mass is 35.5. The third-order valence-electron chi connectivity index (χ3n) is 2.95. The zero-order valence-electron chi connectivity index (χ0n) is 11.0. The van der Waals surface area contributed by atoms with Crippen molar-refractivity contribution in [2.24, 2.45) is 0 Å². The van der Waals surface area contributed by atoms with E-state index >= 15 is 0 Å². The van der Waals surface area contributed by atoms with Gasteiger partial charge in [-0.15, -0.1) is 0 Å². The van der Waals surface area contributed by atoms with Crippen LogP contribution in [0.15, 0.2) is 12.1 Å². The molecule has 5 nitrogen and oxygen atoms in total. The van der Waals surface area contributed by atoms with Gasteiger partial charge in [0.25, 0.3) is 5.91 Å². The number of nitrogens with zero attached hydrogens (tertiary/aromatic N) is 1. The fraction of sp³-hybridized carbons (Fsp3) is 0.385. The first-order valence-electron chi connectivity index (χ1n) is 6.18. The number of likely N-dealkylation sites (N-methyl/N-ethyl adjacent to an activating group) is 1. The van der Waals surface area contributed by atoms with Crippen LogP contribution in [-0.2, 0) is 4.79 Å². The van der Waals surface area contributed by atoms with Crippen LogP contribution in [0.1, 0.15) is 23.2 Å². The van der Waals surface area contributed by atoms with Crippen LogP contribution in [0.3, 0.4) is 0 Å². The number of carbonyl (C=O) groups excluding carboxylic acids is 2. The lowest BCUT2D eigenvalue weighted by Gasteiger charge is -2.18. The van der Waals surface area contributed by atoms with Crippen LogP contribution in [0.25, 0.3) is 0 Å². The molecule has 0 radical (unpaired) electrons. The molecule has 0 bridgehead atoms. The maximum atomic E-state index is 12.3. The van der Waals surface area contributed by atoms with Gasteiger partial charge >= 0.3 is 0 Å². The normalized spacial score (nSPS) is 13.9. The third-order valence-corrected chi connectivity index (χ3v) is 3.75. The van der Waals surface area contributed by atoms with Crippen molar-refractivity contribution in [3.63, 3.8) is 0 Å². The topological polar surface area (TPSA) is 75.4 Å². The fourth-order valence-corrected chi connectivity index (χ4v) is 2.18. The van der Waals surface area contributed by atoms with Crippen LogP contribution in [0.4, 0.5) is 5.69 Å². The smallest absolute Gasteiger partial charge is 0.255 e. The fourth-order valence-electron chi connectivity index (χ4n) is 1.76. The average molecular weight is 316 g/mol. The summed E-state index contributed by atoms with van der Waals surface area (Å²) in [6, 6.07) is 3.18. The van der Waals surface area contributed by atoms with Crippen LogP contribution in [-0.4, -0.2) is 36.3 Å². The van der Waals surface area contributed by atoms with Gasteiger partial charge in [-0.1, -0.05) is 23.2 Å². The van der Waals surface area contributed by atoms with Crippen LogP contribution >= 0.6 is 23.2 Å². The molecule has 0 aromatic heterocycles. The Bertz CT molecular complexity index is 559. The summed E-state index contributed by atoms with van der Waals surface area (Å²) < 4.78 is 0. The maximum Gasteiger partial charge on any atom is 0.255 e. The minimum atomic E-state index is -0.393. The SMILES string of the molecule is CN(CC(=O)NC1CC1)C(=O)c1cc(N)cc(Cl)c1Cl. The number of halogens is 2. The highest BCUT2D eigenvalue weighted by Crippen LogP contribution is 2.29. The maximum absolute atomic E-state index is 12.3. The first-order chi connectivity index (χ1) is 9.38. The van der Waals surface area contributed by atoms with E-state index in [1.54, 1.807) is 0 Å². The second-order valence-electron chi connectivity index (χ2n) is 4.87. The largest absolute Gasteiger partial charge is 0.399 e. The van der Waals surface area contributed by atoms with E-state index in [2.05, 4.69) is 5.32 Å². The molecule has 2 amide bonds. The molecule has 2 rings (SSSR count). The first-order valence-corrected chi connectivity index (χ1v) is 6.93. The summed E-state index contributed by atoms with van der Waals surface area (Å²) in [7, 11) is 1.53. The Morgan fingerprint density at radius 1 is 1.40 bits per heavy atom. The van der Waals surface area contributed by atoms with Gasteiger partial charge in [-0.3, -0.25) is 9.59 Å². The molecule has 0 atom stereocenters. The first kappa shape index (κ1) is 14.9. The molecule has 108 valence electrons. The Hall–Kier alpha value is -1.46. The Balaban J connectivity index is 2.07. The summed E-state index contributed by atoms with van der Waals surface area (Å²) in [6.07, 6.45) is 2.00. The van der Waals surface area contributed by atoms with E-state index in [0.717, 1.165) is 12.8 Å². The number of rotatable bonds is 4. The molecule has 0 spiro atoms. The molecule has 0 heterocycles. The Kier molecular flexibility index (Phi) is 4.40. The number of nitrogens with one attached hydrogen (secondary N) is 1. The van der Waals surface area contributed by atoms with Crippen molar-refractivity contribution in [1.82, 2.24) is 10.2 Å². The zero-order chi connectivity index (χ0) is 14.9. The van der Waals surface area contributed by atoms with Gasteiger partial charge in [0.05, 0.1) is 22.2 Å². The van der Waals surface area contributed by atoms with Gasteiger partial charge < -0.3 is 16.0 Å². The molecule has 0 saturated heterocycles. The van der Waals surface area contributed by atoms with Gasteiger partial charge in [0.15, 0.2) is 0 Å². The van der Waals surface area contributed by atoms with Gasteiger partial charge in [-0.05, 0) is 25.0 Å². The number of hydrogen-bond acceptors (Lipinski definition) is 3. The van der Waals surface area contributed by atoms with E-state index in [9.17, 15) is 9.59 Å². The van der Waals surface area contributed by atoms with E-state index in [1.807, 2.05) is 0 Å². The molecular weight excluding hydrogens is 301 g/mol. The molecule has 20 heavy (non-hydrogen) atoms. The van der Waals surface area contributed by atoms with Crippen molar-refractivity contribution in [3.8, 4) is 0 Å². The summed E-state index contributed by atoms with van der Waals surface area (Å²) in [4.78, 5) is 25.2. The number of hydrogen-bond donors (Lipinski definition) is 2. The second kappa shape index (κ2) is 5.89. The summed E-state index contributed by atoms with van der Waals surface area (Å²) in [5.74, 6) is -0.579. The van der Waals surface area contributed by atoms with Crippen LogP contribution in [0.2, 0.25) is 10.0 Å². The van der Waals surface area contributed by atoms with Gasteiger partial charge in [0.1, 0.15) is 0 Å². The van der Waals surface area contributed by atoms with Crippen LogP contribution in [0.5, 0.6) is 0 Å². The molecular formula is C13H15Cl2N3O2. The molecule has 1 aliphatic carbocycles. The Labute approximate surface area is 127 Å². The van der Waals surface area contributed by atoms with E-state index in [-0.39, 0.29) is 34.1 Å². The summed E-state index contributed by atoms with van der Waals surface area (Å²) >= 11 is 11.9. The van der Waals surface area contributed by atoms with Crippen molar-refractivity contribution in [1.29, 1.82) is 0 Å². The van der Waals surface area contributed by atoms with Crippen molar-refractivity contribution in [3.05, 3.63) is 27.7 Å². The lowest BCUT2D eigenvalue weighted by molar-refractivity contribution is -0.121. The number of anilines is 1. The molecule has 0 unspecified atom stereocenters. The highest BCUT2D eigenvalue weighted by molar-refractivity contribution is 6.44. The highest BCUT2D eigenvalue weighted by Gasteiger charge is 2.25. The standard InChI is InChI=1S/C13H15Cl2N3O2/c1-18(6-11(19)17-8-2-3-8)13(20)9-4-7(16)5-10(14)12(9)15/h4-5,8H,2-3,6,16H2,1H3,(H,17,19). The van der Waals surface area contributed by atoms with E-state index < -0.39 is 5.91 Å². The predicted molar refractivity (Wildman–Crippen MR) is 79.0 cm³/mol. The minimum Gasteiger partial charge on any atom is -0.399 e. The summed E-state index contributed by atoms with van der Waals surface area (Å²) in [5, 5.41) is 3.16. The van der Waals surface area contributed by atoms with Crippen molar-refractivity contribution >= 4 is 40.7 Å². The van der Waals surface area contributed by atoms with E-state index in [0.29, 0.717) is 5.69 Å². The molecule has 1 saturated carbocycles. The molecule has 1 aliphatic rings. The van der Waals surface area contributed by atoms with Crippen molar-refractivity contribution < 1.29 is 9.59 Å². The predicted octanol–water partition coefficient (Wildman–Crippen LogP) is 1.93. The van der Waals surface area contributed by atoms with Gasteiger partial charge in [0, 0.05) is 18.8 Å². The van der Waals surface area contributed by atoms with Gasteiger partial charge in [-0.2, -0.15) is 0 Å². The molecule has 3 N–H and O–H groups in total. The van der Waals surface area contributed by atoms with Crippen LogP contribution in [0, 0.1) is 0 Å². The molecule has 1 aromatic carbocycles. The number of nitrogen functional groups attached to an aromatic ring is 1. The second-order valence-corrected chi connectivity index (χ2v) is 5.65. The Morgan fingerprint density at radius 2 is 2.05 bits per heavy atom. The third kappa shape index (κ3) is 3.55. The van der Waals surface area contributed by atoms with Crippen molar-refractivity contribution in [2.45, 2.75) is 18.9 Å². The van der Waals surface area contributed by atoms with Gasteiger partial charge in [-0.25, -0.2) is 0 Å². The van der Waals surface area contributed by atoms with Crippen molar-refractivity contribution in [2.75, 3.05) is 19.3 Å². The Morgan fingerprint density at radius 3 is 2.65 bits per heavy atom. The number of nitrogens with two attached hydrogens (primary N) is 1. The molecule has 1 aromatic rings.